The molecule has 0 aliphatic rings. The molecule has 0 rings (SSSR count). The van der Waals surface area contributed by atoms with Crippen molar-refractivity contribution in [2.24, 2.45) is 0 Å². The first-order valence-corrected chi connectivity index (χ1v) is 2.99. The van der Waals surface area contributed by atoms with Gasteiger partial charge in [0, 0.05) is 0 Å². The summed E-state index contributed by atoms with van der Waals surface area (Å²) in [6.45, 7) is 4.00. The van der Waals surface area contributed by atoms with Crippen LogP contribution in [0.3, 0.4) is 0 Å². The summed E-state index contributed by atoms with van der Waals surface area (Å²) < 4.78 is 4.98. The first-order chi connectivity index (χ1) is 4.31. The number of aldehydes is 1. The lowest BCUT2D eigenvalue weighted by atomic mass is 10.4. The van der Waals surface area contributed by atoms with Gasteiger partial charge in [0.2, 0.25) is 0 Å². The lowest BCUT2D eigenvalue weighted by Gasteiger charge is -2.02. The minimum absolute atomic E-state index is 0.0557. The Morgan fingerprint density at radius 3 is 2.78 bits per heavy atom. The third-order valence-corrected chi connectivity index (χ3v) is 0.891. The van der Waals surface area contributed by atoms with E-state index in [1.807, 2.05) is 26.0 Å². The summed E-state index contributed by atoms with van der Waals surface area (Å²) >= 11 is 0. The largest absolute Gasteiger partial charge is 0.367 e. The van der Waals surface area contributed by atoms with E-state index in [2.05, 4.69) is 0 Å². The molecule has 0 aliphatic carbocycles. The predicted molar refractivity (Wildman–Crippen MR) is 36.3 cm³/mol. The smallest absolute Gasteiger partial charge is 0.145 e. The molecule has 0 heterocycles. The highest BCUT2D eigenvalue weighted by atomic mass is 16.5. The van der Waals surface area contributed by atoms with E-state index in [0.717, 1.165) is 6.29 Å². The molecule has 0 amide bonds. The van der Waals surface area contributed by atoms with Gasteiger partial charge in [0.05, 0.1) is 6.10 Å². The van der Waals surface area contributed by atoms with Gasteiger partial charge in [0.1, 0.15) is 12.9 Å². The minimum atomic E-state index is 0.0557. The number of hydrogen-bond acceptors (Lipinski definition) is 2. The minimum Gasteiger partial charge on any atom is -0.367 e. The van der Waals surface area contributed by atoms with Crippen molar-refractivity contribution in [3.8, 4) is 0 Å². The molecule has 0 saturated carbocycles. The van der Waals surface area contributed by atoms with Crippen LogP contribution in [-0.4, -0.2) is 19.0 Å². The summed E-state index contributed by atoms with van der Waals surface area (Å²) in [5.74, 6) is 0. The molecule has 0 bridgehead atoms. The number of carbonyl (C=O) groups is 1. The van der Waals surface area contributed by atoms with Crippen molar-refractivity contribution in [2.75, 3.05) is 6.61 Å². The molecular formula is C7H12O2. The summed E-state index contributed by atoms with van der Waals surface area (Å²) in [5, 5.41) is 0. The molecule has 0 fully saturated rings. The van der Waals surface area contributed by atoms with Gasteiger partial charge in [0.25, 0.3) is 0 Å². The zero-order valence-electron chi connectivity index (χ0n) is 5.83. The van der Waals surface area contributed by atoms with Crippen LogP contribution in [0.15, 0.2) is 12.2 Å². The molecule has 0 aromatic heterocycles. The van der Waals surface area contributed by atoms with Crippen LogP contribution in [0.4, 0.5) is 0 Å². The highest BCUT2D eigenvalue weighted by molar-refractivity contribution is 5.50. The average Bonchev–Trinajstić information content (AvgIpc) is 1.85. The Labute approximate surface area is 55.5 Å². The number of carbonyl (C=O) groups excluding carboxylic acids is 1. The Morgan fingerprint density at radius 1 is 1.67 bits per heavy atom. The first kappa shape index (κ1) is 8.37. The highest BCUT2D eigenvalue weighted by Gasteiger charge is 1.91. The van der Waals surface area contributed by atoms with Crippen LogP contribution < -0.4 is 0 Å². The maximum absolute atomic E-state index is 9.76. The van der Waals surface area contributed by atoms with Gasteiger partial charge in [0.15, 0.2) is 0 Å². The standard InChI is InChI=1S/C7H12O2/c1-3-4-7(2)9-6-5-8/h3-5,7H,6H2,1-2H3. The van der Waals surface area contributed by atoms with Gasteiger partial charge in [-0.1, -0.05) is 12.2 Å². The van der Waals surface area contributed by atoms with Crippen molar-refractivity contribution in [1.82, 2.24) is 0 Å². The van der Waals surface area contributed by atoms with Gasteiger partial charge in [-0.05, 0) is 13.8 Å². The number of rotatable bonds is 4. The summed E-state index contributed by atoms with van der Waals surface area (Å²) in [6, 6.07) is 0. The zero-order chi connectivity index (χ0) is 7.11. The van der Waals surface area contributed by atoms with Crippen molar-refractivity contribution >= 4 is 6.29 Å². The summed E-state index contributed by atoms with van der Waals surface area (Å²) in [4.78, 5) is 9.76. The van der Waals surface area contributed by atoms with E-state index in [1.165, 1.54) is 0 Å². The Bertz CT molecular complexity index is 97.1. The SMILES string of the molecule is CC=CC(C)OCC=O. The van der Waals surface area contributed by atoms with Gasteiger partial charge < -0.3 is 9.53 Å². The average molecular weight is 128 g/mol. The number of hydrogen-bond donors (Lipinski definition) is 0. The van der Waals surface area contributed by atoms with Gasteiger partial charge in [-0.3, -0.25) is 0 Å². The van der Waals surface area contributed by atoms with Gasteiger partial charge in [-0.25, -0.2) is 0 Å². The quantitative estimate of drug-likeness (QED) is 0.419. The van der Waals surface area contributed by atoms with Gasteiger partial charge >= 0.3 is 0 Å². The second-order valence-corrected chi connectivity index (χ2v) is 1.73. The summed E-state index contributed by atoms with van der Waals surface area (Å²) in [5.41, 5.74) is 0. The topological polar surface area (TPSA) is 26.3 Å². The van der Waals surface area contributed by atoms with Crippen LogP contribution in [0.5, 0.6) is 0 Å². The third kappa shape index (κ3) is 5.24. The molecule has 0 aromatic carbocycles. The van der Waals surface area contributed by atoms with Crippen molar-refractivity contribution in [3.63, 3.8) is 0 Å². The molecule has 2 heteroatoms. The Balaban J connectivity index is 3.25. The van der Waals surface area contributed by atoms with Crippen LogP contribution in [0.1, 0.15) is 13.8 Å². The molecule has 52 valence electrons. The molecule has 0 radical (unpaired) electrons. The second kappa shape index (κ2) is 5.51. The third-order valence-electron chi connectivity index (χ3n) is 0.891. The predicted octanol–water partition coefficient (Wildman–Crippen LogP) is 1.17. The number of ether oxygens (including phenoxy) is 1. The van der Waals surface area contributed by atoms with Crippen LogP contribution in [0.2, 0.25) is 0 Å². The molecule has 1 atom stereocenters. The lowest BCUT2D eigenvalue weighted by Crippen LogP contribution is -2.05. The van der Waals surface area contributed by atoms with Crippen molar-refractivity contribution < 1.29 is 9.53 Å². The van der Waals surface area contributed by atoms with Crippen LogP contribution in [0, 0.1) is 0 Å². The molecular weight excluding hydrogens is 116 g/mol. The van der Waals surface area contributed by atoms with E-state index < -0.39 is 0 Å². The monoisotopic (exact) mass is 128 g/mol. The van der Waals surface area contributed by atoms with Gasteiger partial charge in [-0.2, -0.15) is 0 Å². The Hall–Kier alpha value is -0.630. The Kier molecular flexibility index (Phi) is 5.12. The van der Waals surface area contributed by atoms with E-state index in [9.17, 15) is 4.79 Å². The maximum Gasteiger partial charge on any atom is 0.145 e. The normalized spacial score (nSPS) is 14.0. The van der Waals surface area contributed by atoms with E-state index in [4.69, 9.17) is 4.74 Å². The van der Waals surface area contributed by atoms with E-state index in [1.54, 1.807) is 0 Å². The molecule has 2 nitrogen and oxygen atoms in total. The molecule has 9 heavy (non-hydrogen) atoms. The fourth-order valence-corrected chi connectivity index (χ4v) is 0.518. The molecule has 0 N–H and O–H groups in total. The van der Waals surface area contributed by atoms with Crippen LogP contribution >= 0.6 is 0 Å². The summed E-state index contributed by atoms with van der Waals surface area (Å²) in [7, 11) is 0. The fourth-order valence-electron chi connectivity index (χ4n) is 0.518. The maximum atomic E-state index is 9.76. The van der Waals surface area contributed by atoms with Crippen LogP contribution in [0.25, 0.3) is 0 Å². The second-order valence-electron chi connectivity index (χ2n) is 1.73. The Morgan fingerprint density at radius 2 is 2.33 bits per heavy atom. The molecule has 1 unspecified atom stereocenters. The zero-order valence-corrected chi connectivity index (χ0v) is 5.83. The van der Waals surface area contributed by atoms with Gasteiger partial charge in [-0.15, -0.1) is 0 Å². The van der Waals surface area contributed by atoms with Crippen LogP contribution in [-0.2, 0) is 9.53 Å². The highest BCUT2D eigenvalue weighted by Crippen LogP contribution is 1.89. The van der Waals surface area contributed by atoms with E-state index >= 15 is 0 Å². The molecule has 0 saturated heterocycles. The number of allylic oxidation sites excluding steroid dienone is 1. The van der Waals surface area contributed by atoms with Crippen molar-refractivity contribution in [1.29, 1.82) is 0 Å². The van der Waals surface area contributed by atoms with Crippen molar-refractivity contribution in [2.45, 2.75) is 20.0 Å². The molecule has 0 aliphatic heterocycles. The molecule has 0 aromatic rings. The van der Waals surface area contributed by atoms with E-state index in [-0.39, 0.29) is 12.7 Å². The van der Waals surface area contributed by atoms with Crippen molar-refractivity contribution in [3.05, 3.63) is 12.2 Å². The fraction of sp³-hybridized carbons (Fsp3) is 0.571. The lowest BCUT2D eigenvalue weighted by molar-refractivity contribution is -0.112. The summed E-state index contributed by atoms with van der Waals surface area (Å²) in [6.07, 6.45) is 4.60. The first-order valence-electron chi connectivity index (χ1n) is 2.99. The molecule has 0 spiro atoms. The van der Waals surface area contributed by atoms with E-state index in [0.29, 0.717) is 0 Å².